The Hall–Kier alpha value is -2.61. The van der Waals surface area contributed by atoms with Gasteiger partial charge in [-0.05, 0) is 17.7 Å². The van der Waals surface area contributed by atoms with Crippen molar-refractivity contribution in [2.45, 2.75) is 18.5 Å². The molecule has 0 N–H and O–H groups in total. The maximum Gasteiger partial charge on any atom is 0.246 e. The second kappa shape index (κ2) is 5.19. The minimum Gasteiger partial charge on any atom is -0.454 e. The number of aromatic nitrogens is 1. The van der Waals surface area contributed by atoms with E-state index in [-0.39, 0.29) is 31.2 Å². The fourth-order valence-electron chi connectivity index (χ4n) is 3.78. The molecule has 1 aromatic heterocycles. The molecule has 4 heterocycles. The molecule has 7 nitrogen and oxygen atoms in total. The lowest BCUT2D eigenvalue weighted by molar-refractivity contribution is -0.157. The first kappa shape index (κ1) is 14.7. The summed E-state index contributed by atoms with van der Waals surface area (Å²) in [7, 11) is 1.67. The van der Waals surface area contributed by atoms with Gasteiger partial charge in [0, 0.05) is 13.5 Å². The van der Waals surface area contributed by atoms with Gasteiger partial charge in [0.25, 0.3) is 0 Å². The van der Waals surface area contributed by atoms with Crippen LogP contribution in [-0.2, 0) is 16.0 Å². The third-order valence-electron chi connectivity index (χ3n) is 4.96. The van der Waals surface area contributed by atoms with Crippen LogP contribution in [0.15, 0.2) is 23.7 Å². The lowest BCUT2D eigenvalue weighted by Crippen LogP contribution is -2.61. The molecule has 2 atom stereocenters. The van der Waals surface area contributed by atoms with Gasteiger partial charge in [0.15, 0.2) is 11.5 Å². The van der Waals surface area contributed by atoms with Crippen LogP contribution in [0.4, 0.5) is 0 Å². The summed E-state index contributed by atoms with van der Waals surface area (Å²) >= 11 is 1.52. The van der Waals surface area contributed by atoms with E-state index < -0.39 is 6.04 Å². The van der Waals surface area contributed by atoms with E-state index in [2.05, 4.69) is 4.98 Å². The van der Waals surface area contributed by atoms with E-state index in [9.17, 15) is 9.59 Å². The lowest BCUT2D eigenvalue weighted by Gasteiger charge is -2.45. The van der Waals surface area contributed by atoms with Gasteiger partial charge in [-0.3, -0.25) is 9.59 Å². The minimum absolute atomic E-state index is 0.0380. The number of fused-ring (bicyclic) bond motifs is 3. The van der Waals surface area contributed by atoms with Crippen molar-refractivity contribution in [2.75, 3.05) is 20.4 Å². The number of piperazine rings is 1. The molecule has 3 aliphatic heterocycles. The molecule has 0 unspecified atom stereocenters. The highest BCUT2D eigenvalue weighted by Gasteiger charge is 2.47. The van der Waals surface area contributed by atoms with E-state index in [1.54, 1.807) is 17.5 Å². The summed E-state index contributed by atoms with van der Waals surface area (Å²) in [4.78, 5) is 34.1. The Labute approximate surface area is 147 Å². The summed E-state index contributed by atoms with van der Waals surface area (Å²) < 4.78 is 10.9. The summed E-state index contributed by atoms with van der Waals surface area (Å²) in [6.07, 6.45) is 0.467. The maximum absolute atomic E-state index is 12.8. The molecule has 3 aliphatic rings. The molecule has 25 heavy (non-hydrogen) atoms. The number of hydrogen-bond acceptors (Lipinski definition) is 6. The molecule has 2 amide bonds. The summed E-state index contributed by atoms with van der Waals surface area (Å²) in [5.74, 6) is 1.28. The van der Waals surface area contributed by atoms with Gasteiger partial charge in [-0.2, -0.15) is 0 Å². The second-order valence-electron chi connectivity index (χ2n) is 6.39. The van der Waals surface area contributed by atoms with Crippen LogP contribution >= 0.6 is 11.3 Å². The first-order valence-corrected chi connectivity index (χ1v) is 8.89. The number of ether oxygens (including phenoxy) is 2. The van der Waals surface area contributed by atoms with Crippen molar-refractivity contribution in [1.82, 2.24) is 14.8 Å². The van der Waals surface area contributed by atoms with E-state index in [1.165, 1.54) is 16.2 Å². The highest BCUT2D eigenvalue weighted by molar-refractivity contribution is 7.09. The van der Waals surface area contributed by atoms with Crippen LogP contribution < -0.4 is 9.47 Å². The Morgan fingerprint density at radius 1 is 1.24 bits per heavy atom. The third-order valence-corrected chi connectivity index (χ3v) is 5.88. The van der Waals surface area contributed by atoms with Gasteiger partial charge in [0.2, 0.25) is 18.6 Å². The van der Waals surface area contributed by atoms with Gasteiger partial charge in [0.1, 0.15) is 6.04 Å². The van der Waals surface area contributed by atoms with Gasteiger partial charge >= 0.3 is 0 Å². The predicted octanol–water partition coefficient (Wildman–Crippen LogP) is 1.19. The molecular formula is C17H15N3O4S. The molecule has 0 saturated carbocycles. The Morgan fingerprint density at radius 3 is 2.96 bits per heavy atom. The lowest BCUT2D eigenvalue weighted by atomic mass is 9.90. The first-order valence-electron chi connectivity index (χ1n) is 8.01. The number of carbonyl (C=O) groups excluding carboxylic acids is 2. The molecule has 1 saturated heterocycles. The number of thiazole rings is 1. The van der Waals surface area contributed by atoms with Crippen LogP contribution in [0.2, 0.25) is 0 Å². The van der Waals surface area contributed by atoms with Crippen molar-refractivity contribution in [2.24, 2.45) is 0 Å². The molecular weight excluding hydrogens is 342 g/mol. The van der Waals surface area contributed by atoms with Crippen LogP contribution in [0.1, 0.15) is 22.2 Å². The summed E-state index contributed by atoms with van der Waals surface area (Å²) in [5.41, 5.74) is 3.58. The minimum atomic E-state index is -0.503. The van der Waals surface area contributed by atoms with Crippen LogP contribution in [0.3, 0.4) is 0 Å². The zero-order valence-electron chi connectivity index (χ0n) is 13.5. The van der Waals surface area contributed by atoms with Crippen molar-refractivity contribution in [3.8, 4) is 11.5 Å². The van der Waals surface area contributed by atoms with Crippen LogP contribution in [0, 0.1) is 0 Å². The first-order chi connectivity index (χ1) is 12.1. The van der Waals surface area contributed by atoms with Gasteiger partial charge in [-0.25, -0.2) is 4.98 Å². The average molecular weight is 357 g/mol. The van der Waals surface area contributed by atoms with Crippen molar-refractivity contribution in [3.63, 3.8) is 0 Å². The SMILES string of the molecule is CN1CC(=O)N2[C@H](c3ccc4c(c3)OCO4)c3scnc3C[C@@H]2C1=O. The van der Waals surface area contributed by atoms with Gasteiger partial charge in [-0.15, -0.1) is 11.3 Å². The highest BCUT2D eigenvalue weighted by Crippen LogP contribution is 2.44. The number of amides is 2. The van der Waals surface area contributed by atoms with Gasteiger partial charge in [0.05, 0.1) is 28.7 Å². The zero-order chi connectivity index (χ0) is 17.1. The van der Waals surface area contributed by atoms with E-state index in [1.807, 2.05) is 18.2 Å². The summed E-state index contributed by atoms with van der Waals surface area (Å²) in [6, 6.07) is 4.86. The van der Waals surface area contributed by atoms with E-state index in [0.29, 0.717) is 17.9 Å². The number of carbonyl (C=O) groups is 2. The summed E-state index contributed by atoms with van der Waals surface area (Å²) in [5, 5.41) is 0. The van der Waals surface area contributed by atoms with Crippen molar-refractivity contribution in [1.29, 1.82) is 0 Å². The monoisotopic (exact) mass is 357 g/mol. The van der Waals surface area contributed by atoms with Crippen LogP contribution in [-0.4, -0.2) is 53.0 Å². The second-order valence-corrected chi connectivity index (χ2v) is 7.28. The fourth-order valence-corrected chi connectivity index (χ4v) is 4.72. The van der Waals surface area contributed by atoms with Gasteiger partial charge in [-0.1, -0.05) is 6.07 Å². The maximum atomic E-state index is 12.8. The Bertz CT molecular complexity index is 896. The number of nitrogens with zero attached hydrogens (tertiary/aromatic N) is 3. The number of rotatable bonds is 1. The molecule has 0 spiro atoms. The molecule has 1 fully saturated rings. The fraction of sp³-hybridized carbons (Fsp3) is 0.353. The predicted molar refractivity (Wildman–Crippen MR) is 88.5 cm³/mol. The van der Waals surface area contributed by atoms with Crippen molar-refractivity contribution >= 4 is 23.2 Å². The van der Waals surface area contributed by atoms with Crippen molar-refractivity contribution < 1.29 is 19.1 Å². The largest absolute Gasteiger partial charge is 0.454 e. The molecule has 0 bridgehead atoms. The molecule has 5 rings (SSSR count). The molecule has 128 valence electrons. The molecule has 0 radical (unpaired) electrons. The molecule has 1 aromatic carbocycles. The third kappa shape index (κ3) is 2.07. The molecule has 0 aliphatic carbocycles. The molecule has 8 heteroatoms. The van der Waals surface area contributed by atoms with E-state index in [4.69, 9.17) is 9.47 Å². The summed E-state index contributed by atoms with van der Waals surface area (Å²) in [6.45, 7) is 0.300. The number of hydrogen-bond donors (Lipinski definition) is 0. The average Bonchev–Trinajstić information content (AvgIpc) is 3.26. The standard InChI is InChI=1S/C17H15N3O4S/c1-19-6-14(21)20-11(17(19)22)5-10-16(25-7-18-10)15(20)9-2-3-12-13(4-9)24-8-23-12/h2-4,7,11,15H,5-6,8H2,1H3/t11-,15-/m1/s1. The smallest absolute Gasteiger partial charge is 0.246 e. The van der Waals surface area contributed by atoms with E-state index >= 15 is 0 Å². The Morgan fingerprint density at radius 2 is 2.08 bits per heavy atom. The highest BCUT2D eigenvalue weighted by atomic mass is 32.1. The quantitative estimate of drug-likeness (QED) is 0.767. The van der Waals surface area contributed by atoms with Gasteiger partial charge < -0.3 is 19.3 Å². The molecule has 2 aromatic rings. The zero-order valence-corrected chi connectivity index (χ0v) is 14.3. The number of benzene rings is 1. The van der Waals surface area contributed by atoms with E-state index in [0.717, 1.165) is 16.1 Å². The topological polar surface area (TPSA) is 72.0 Å². The number of likely N-dealkylation sites (N-methyl/N-ethyl adjacent to an activating group) is 1. The van der Waals surface area contributed by atoms with Crippen LogP contribution in [0.25, 0.3) is 0 Å². The Balaban J connectivity index is 1.66. The van der Waals surface area contributed by atoms with Crippen LogP contribution in [0.5, 0.6) is 11.5 Å². The normalized spacial score (nSPS) is 24.4. The Kier molecular flexibility index (Phi) is 3.05. The van der Waals surface area contributed by atoms with Crippen molar-refractivity contribution in [3.05, 3.63) is 39.8 Å².